The number of aromatic nitrogens is 2. The molecular formula is C24H23ClFN5O3. The van der Waals surface area contributed by atoms with Crippen LogP contribution in [0.3, 0.4) is 0 Å². The number of halogens is 2. The van der Waals surface area contributed by atoms with Crippen molar-refractivity contribution >= 4 is 29.2 Å². The highest BCUT2D eigenvalue weighted by molar-refractivity contribution is 6.29. The van der Waals surface area contributed by atoms with Gasteiger partial charge in [-0.3, -0.25) is 14.5 Å². The molecule has 34 heavy (non-hydrogen) atoms. The van der Waals surface area contributed by atoms with Crippen LogP contribution >= 0.6 is 11.6 Å². The first-order valence-corrected chi connectivity index (χ1v) is 11.1. The van der Waals surface area contributed by atoms with Crippen LogP contribution in [0.15, 0.2) is 60.9 Å². The van der Waals surface area contributed by atoms with Crippen molar-refractivity contribution in [2.24, 2.45) is 0 Å². The highest BCUT2D eigenvalue weighted by Crippen LogP contribution is 2.22. The number of anilines is 1. The lowest BCUT2D eigenvalue weighted by atomic mass is 10.2. The SMILES string of the molecule is C[C@H](C(=O)Nc1ccc(Oc2ccc(F)cc2)cn1)N1CCN(C(=O)c2ccnc(Cl)c2)CC1. The van der Waals surface area contributed by atoms with Gasteiger partial charge in [0.1, 0.15) is 28.3 Å². The number of hydrogen-bond donors (Lipinski definition) is 1. The predicted octanol–water partition coefficient (Wildman–Crippen LogP) is 3.85. The summed E-state index contributed by atoms with van der Waals surface area (Å²) in [6.07, 6.45) is 2.99. The van der Waals surface area contributed by atoms with E-state index in [9.17, 15) is 14.0 Å². The number of piperazine rings is 1. The number of nitrogens with one attached hydrogen (secondary N) is 1. The van der Waals surface area contributed by atoms with Gasteiger partial charge in [0.15, 0.2) is 0 Å². The largest absolute Gasteiger partial charge is 0.456 e. The molecule has 1 atom stereocenters. The van der Waals surface area contributed by atoms with E-state index in [2.05, 4.69) is 15.3 Å². The molecule has 0 aliphatic carbocycles. The molecule has 176 valence electrons. The number of carbonyl (C=O) groups excluding carboxylic acids is 2. The minimum atomic E-state index is -0.399. The lowest BCUT2D eigenvalue weighted by Gasteiger charge is -2.37. The molecule has 1 fully saturated rings. The normalized spacial score (nSPS) is 15.0. The molecule has 0 radical (unpaired) electrons. The molecule has 1 saturated heterocycles. The summed E-state index contributed by atoms with van der Waals surface area (Å²) in [5.74, 6) is 0.705. The van der Waals surface area contributed by atoms with Crippen molar-refractivity contribution in [3.8, 4) is 11.5 Å². The van der Waals surface area contributed by atoms with Gasteiger partial charge in [0.25, 0.3) is 5.91 Å². The molecule has 1 aliphatic heterocycles. The van der Waals surface area contributed by atoms with E-state index in [1.54, 1.807) is 29.2 Å². The molecule has 4 rings (SSSR count). The maximum Gasteiger partial charge on any atom is 0.254 e. The van der Waals surface area contributed by atoms with Crippen molar-refractivity contribution in [3.05, 3.63) is 77.5 Å². The fourth-order valence-corrected chi connectivity index (χ4v) is 3.75. The Morgan fingerprint density at radius 2 is 1.74 bits per heavy atom. The first kappa shape index (κ1) is 23.6. The van der Waals surface area contributed by atoms with Crippen molar-refractivity contribution < 1.29 is 18.7 Å². The average Bonchev–Trinajstić information content (AvgIpc) is 2.86. The van der Waals surface area contributed by atoms with Gasteiger partial charge in [0, 0.05) is 37.9 Å². The second kappa shape index (κ2) is 10.6. The van der Waals surface area contributed by atoms with E-state index >= 15 is 0 Å². The molecule has 2 amide bonds. The molecular weight excluding hydrogens is 461 g/mol. The average molecular weight is 484 g/mol. The van der Waals surface area contributed by atoms with Crippen molar-refractivity contribution in [2.45, 2.75) is 13.0 Å². The van der Waals surface area contributed by atoms with Gasteiger partial charge in [0.05, 0.1) is 12.2 Å². The van der Waals surface area contributed by atoms with Crippen LogP contribution in [0.2, 0.25) is 5.15 Å². The Morgan fingerprint density at radius 3 is 2.38 bits per heavy atom. The van der Waals surface area contributed by atoms with Gasteiger partial charge in [-0.05, 0) is 55.5 Å². The van der Waals surface area contributed by atoms with Gasteiger partial charge in [0.2, 0.25) is 5.91 Å². The zero-order valence-electron chi connectivity index (χ0n) is 18.4. The van der Waals surface area contributed by atoms with E-state index in [-0.39, 0.29) is 22.8 Å². The quantitative estimate of drug-likeness (QED) is 0.536. The Hall–Kier alpha value is -3.56. The van der Waals surface area contributed by atoms with Crippen molar-refractivity contribution in [1.82, 2.24) is 19.8 Å². The van der Waals surface area contributed by atoms with E-state index < -0.39 is 6.04 Å². The molecule has 0 saturated carbocycles. The number of nitrogens with zero attached hydrogens (tertiary/aromatic N) is 4. The van der Waals surface area contributed by atoms with Crippen molar-refractivity contribution in [1.29, 1.82) is 0 Å². The second-order valence-electron chi connectivity index (χ2n) is 7.80. The lowest BCUT2D eigenvalue weighted by Crippen LogP contribution is -2.54. The summed E-state index contributed by atoms with van der Waals surface area (Å²) in [7, 11) is 0. The summed E-state index contributed by atoms with van der Waals surface area (Å²) < 4.78 is 18.6. The Kier molecular flexibility index (Phi) is 7.34. The molecule has 2 aromatic heterocycles. The first-order chi connectivity index (χ1) is 16.4. The van der Waals surface area contributed by atoms with Gasteiger partial charge < -0.3 is 15.0 Å². The molecule has 0 spiro atoms. The number of benzene rings is 1. The first-order valence-electron chi connectivity index (χ1n) is 10.7. The summed E-state index contributed by atoms with van der Waals surface area (Å²) >= 11 is 5.89. The van der Waals surface area contributed by atoms with Gasteiger partial charge in [-0.15, -0.1) is 0 Å². The summed E-state index contributed by atoms with van der Waals surface area (Å²) in [5.41, 5.74) is 0.497. The molecule has 8 nitrogen and oxygen atoms in total. The Balaban J connectivity index is 1.27. The van der Waals surface area contributed by atoms with E-state index in [0.717, 1.165) is 0 Å². The lowest BCUT2D eigenvalue weighted by molar-refractivity contribution is -0.121. The maximum absolute atomic E-state index is 13.0. The van der Waals surface area contributed by atoms with Crippen LogP contribution in [0.1, 0.15) is 17.3 Å². The van der Waals surface area contributed by atoms with Crippen molar-refractivity contribution in [3.63, 3.8) is 0 Å². The van der Waals surface area contributed by atoms with Crippen LogP contribution in [0, 0.1) is 5.82 Å². The van der Waals surface area contributed by atoms with E-state index in [1.165, 1.54) is 36.7 Å². The summed E-state index contributed by atoms with van der Waals surface area (Å²) in [4.78, 5) is 37.3. The number of carbonyl (C=O) groups is 2. The molecule has 10 heteroatoms. The Morgan fingerprint density at radius 1 is 1.03 bits per heavy atom. The molecule has 3 aromatic rings. The molecule has 1 N–H and O–H groups in total. The van der Waals surface area contributed by atoms with Crippen molar-refractivity contribution in [2.75, 3.05) is 31.5 Å². The Bertz CT molecular complexity index is 1150. The third-order valence-corrected chi connectivity index (χ3v) is 5.75. The van der Waals surface area contributed by atoms with Crippen LogP contribution < -0.4 is 10.1 Å². The Labute approximate surface area is 201 Å². The molecule has 3 heterocycles. The van der Waals surface area contributed by atoms with Gasteiger partial charge in [-0.1, -0.05) is 11.6 Å². The predicted molar refractivity (Wildman–Crippen MR) is 126 cm³/mol. The smallest absolute Gasteiger partial charge is 0.254 e. The summed E-state index contributed by atoms with van der Waals surface area (Å²) in [5, 5.41) is 3.08. The molecule has 1 aliphatic rings. The van der Waals surface area contributed by atoms with E-state index in [1.807, 2.05) is 11.8 Å². The number of ether oxygens (including phenoxy) is 1. The zero-order chi connectivity index (χ0) is 24.1. The molecule has 0 bridgehead atoms. The highest BCUT2D eigenvalue weighted by Gasteiger charge is 2.28. The van der Waals surface area contributed by atoms with Crippen LogP contribution in [-0.4, -0.2) is 63.8 Å². The van der Waals surface area contributed by atoms with Gasteiger partial charge in [-0.2, -0.15) is 0 Å². The van der Waals surface area contributed by atoms with E-state index in [4.69, 9.17) is 16.3 Å². The third kappa shape index (κ3) is 5.86. The number of amides is 2. The maximum atomic E-state index is 13.0. The fraction of sp³-hybridized carbons (Fsp3) is 0.250. The van der Waals surface area contributed by atoms with Gasteiger partial charge >= 0.3 is 0 Å². The molecule has 0 unspecified atom stereocenters. The van der Waals surface area contributed by atoms with Crippen LogP contribution in [0.4, 0.5) is 10.2 Å². The van der Waals surface area contributed by atoms with E-state index in [0.29, 0.717) is 49.1 Å². The number of hydrogen-bond acceptors (Lipinski definition) is 6. The fourth-order valence-electron chi connectivity index (χ4n) is 3.58. The molecule has 1 aromatic carbocycles. The standard InChI is InChI=1S/C24H23ClFN5O3/c1-16(30-10-12-31(13-11-30)24(33)17-8-9-27-21(25)14-17)23(32)29-22-7-6-20(15-28-22)34-19-4-2-18(26)3-5-19/h2-9,14-16H,10-13H2,1H3,(H,28,29,32)/t16-/m1/s1. The topological polar surface area (TPSA) is 87.7 Å². The number of pyridine rings is 2. The minimum absolute atomic E-state index is 0.104. The highest BCUT2D eigenvalue weighted by atomic mass is 35.5. The monoisotopic (exact) mass is 483 g/mol. The number of rotatable bonds is 6. The van der Waals surface area contributed by atoms with Crippen LogP contribution in [-0.2, 0) is 4.79 Å². The summed E-state index contributed by atoms with van der Waals surface area (Å²) in [6.45, 7) is 3.96. The summed E-state index contributed by atoms with van der Waals surface area (Å²) in [6, 6.07) is 11.8. The van der Waals surface area contributed by atoms with Crippen LogP contribution in [0.5, 0.6) is 11.5 Å². The minimum Gasteiger partial charge on any atom is -0.456 e. The second-order valence-corrected chi connectivity index (χ2v) is 8.18. The third-order valence-electron chi connectivity index (χ3n) is 5.54. The van der Waals surface area contributed by atoms with Crippen LogP contribution in [0.25, 0.3) is 0 Å². The zero-order valence-corrected chi connectivity index (χ0v) is 19.2. The van der Waals surface area contributed by atoms with Gasteiger partial charge in [-0.25, -0.2) is 14.4 Å².